The first kappa shape index (κ1) is 9.84. The Labute approximate surface area is 97.1 Å². The van der Waals surface area contributed by atoms with Crippen molar-refractivity contribution in [1.82, 2.24) is 9.38 Å². The van der Waals surface area contributed by atoms with Crippen LogP contribution in [-0.2, 0) is 0 Å². The molecule has 0 aliphatic rings. The molecular weight excluding hydrogens is 216 g/mol. The molecule has 17 heavy (non-hydrogen) atoms. The van der Waals surface area contributed by atoms with Gasteiger partial charge in [0.25, 0.3) is 5.56 Å². The highest BCUT2D eigenvalue weighted by atomic mass is 16.5. The van der Waals surface area contributed by atoms with E-state index in [0.29, 0.717) is 22.3 Å². The lowest BCUT2D eigenvalue weighted by Gasteiger charge is -2.05. The van der Waals surface area contributed by atoms with E-state index in [9.17, 15) is 4.79 Å². The van der Waals surface area contributed by atoms with Crippen LogP contribution in [0.15, 0.2) is 47.4 Å². The second-order valence-corrected chi connectivity index (χ2v) is 3.73. The molecule has 0 unspecified atom stereocenters. The molecule has 0 fully saturated rings. The van der Waals surface area contributed by atoms with Gasteiger partial charge in [-0.05, 0) is 24.3 Å². The highest BCUT2D eigenvalue weighted by molar-refractivity contribution is 5.79. The molecule has 84 valence electrons. The number of pyridine rings is 1. The SMILES string of the molecule is COc1ccc2nc3ccccc3c(=O)n2c1. The number of rotatable bonds is 1. The Kier molecular flexibility index (Phi) is 2.08. The smallest absolute Gasteiger partial charge is 0.265 e. The molecular formula is C13H10N2O2. The lowest BCUT2D eigenvalue weighted by molar-refractivity contribution is 0.412. The van der Waals surface area contributed by atoms with Gasteiger partial charge in [-0.15, -0.1) is 0 Å². The summed E-state index contributed by atoms with van der Waals surface area (Å²) in [6.07, 6.45) is 1.65. The predicted octanol–water partition coefficient (Wildman–Crippen LogP) is 1.86. The van der Waals surface area contributed by atoms with Crippen molar-refractivity contribution in [2.45, 2.75) is 0 Å². The molecule has 0 radical (unpaired) electrons. The zero-order valence-corrected chi connectivity index (χ0v) is 9.25. The van der Waals surface area contributed by atoms with Gasteiger partial charge in [0, 0.05) is 0 Å². The van der Waals surface area contributed by atoms with E-state index in [1.54, 1.807) is 31.5 Å². The first-order valence-electron chi connectivity index (χ1n) is 5.25. The maximum atomic E-state index is 12.2. The van der Waals surface area contributed by atoms with E-state index in [2.05, 4.69) is 4.98 Å². The zero-order valence-electron chi connectivity index (χ0n) is 9.25. The Bertz CT molecular complexity index is 762. The summed E-state index contributed by atoms with van der Waals surface area (Å²) in [6.45, 7) is 0. The standard InChI is InChI=1S/C13H10N2O2/c1-17-9-6-7-12-14-11-5-3-2-4-10(11)13(16)15(12)8-9/h2-8H,1H3. The Morgan fingerprint density at radius 1 is 1.18 bits per heavy atom. The summed E-state index contributed by atoms with van der Waals surface area (Å²) in [7, 11) is 1.57. The number of aromatic nitrogens is 2. The quantitative estimate of drug-likeness (QED) is 0.595. The minimum absolute atomic E-state index is 0.0792. The molecule has 0 atom stereocenters. The third-order valence-corrected chi connectivity index (χ3v) is 2.72. The molecule has 1 aromatic carbocycles. The number of para-hydroxylation sites is 1. The third-order valence-electron chi connectivity index (χ3n) is 2.72. The van der Waals surface area contributed by atoms with E-state index in [0.717, 1.165) is 0 Å². The van der Waals surface area contributed by atoms with Gasteiger partial charge >= 0.3 is 0 Å². The highest BCUT2D eigenvalue weighted by Crippen LogP contribution is 2.13. The molecule has 0 bridgehead atoms. The van der Waals surface area contributed by atoms with Crippen molar-refractivity contribution < 1.29 is 4.74 Å². The van der Waals surface area contributed by atoms with Gasteiger partial charge in [-0.25, -0.2) is 4.98 Å². The van der Waals surface area contributed by atoms with E-state index in [1.807, 2.05) is 18.2 Å². The normalized spacial score (nSPS) is 10.9. The highest BCUT2D eigenvalue weighted by Gasteiger charge is 2.04. The van der Waals surface area contributed by atoms with Crippen molar-refractivity contribution in [1.29, 1.82) is 0 Å². The van der Waals surface area contributed by atoms with E-state index in [-0.39, 0.29) is 5.56 Å². The maximum Gasteiger partial charge on any atom is 0.265 e. The van der Waals surface area contributed by atoms with Gasteiger partial charge in [0.05, 0.1) is 24.2 Å². The van der Waals surface area contributed by atoms with Crippen LogP contribution in [0.2, 0.25) is 0 Å². The summed E-state index contributed by atoms with van der Waals surface area (Å²) in [4.78, 5) is 16.6. The predicted molar refractivity (Wildman–Crippen MR) is 65.5 cm³/mol. The summed E-state index contributed by atoms with van der Waals surface area (Å²) in [5.41, 5.74) is 1.25. The first-order valence-corrected chi connectivity index (χ1v) is 5.25. The van der Waals surface area contributed by atoms with Gasteiger partial charge in [0.15, 0.2) is 0 Å². The van der Waals surface area contributed by atoms with Crippen LogP contribution in [0.1, 0.15) is 0 Å². The maximum absolute atomic E-state index is 12.2. The van der Waals surface area contributed by atoms with Crippen LogP contribution in [0.3, 0.4) is 0 Å². The number of hydrogen-bond acceptors (Lipinski definition) is 3. The van der Waals surface area contributed by atoms with E-state index < -0.39 is 0 Å². The third kappa shape index (κ3) is 1.45. The molecule has 0 aliphatic carbocycles. The number of benzene rings is 1. The van der Waals surface area contributed by atoms with Crippen molar-refractivity contribution in [2.75, 3.05) is 7.11 Å². The number of hydrogen-bond donors (Lipinski definition) is 0. The van der Waals surface area contributed by atoms with E-state index >= 15 is 0 Å². The Morgan fingerprint density at radius 3 is 2.82 bits per heavy atom. The number of fused-ring (bicyclic) bond motifs is 2. The molecule has 0 spiro atoms. The summed E-state index contributed by atoms with van der Waals surface area (Å²) in [5.74, 6) is 0.636. The number of ether oxygens (including phenoxy) is 1. The van der Waals surface area contributed by atoms with E-state index in [4.69, 9.17) is 4.74 Å². The zero-order chi connectivity index (χ0) is 11.8. The molecule has 3 aromatic rings. The molecule has 2 aromatic heterocycles. The Balaban J connectivity index is 2.51. The second kappa shape index (κ2) is 3.59. The van der Waals surface area contributed by atoms with Crippen LogP contribution in [0.4, 0.5) is 0 Å². The molecule has 4 nitrogen and oxygen atoms in total. The number of methoxy groups -OCH3 is 1. The van der Waals surface area contributed by atoms with Crippen LogP contribution in [0, 0.1) is 0 Å². The van der Waals surface area contributed by atoms with Crippen LogP contribution < -0.4 is 10.3 Å². The molecule has 0 aliphatic heterocycles. The van der Waals surface area contributed by atoms with Crippen LogP contribution in [-0.4, -0.2) is 16.5 Å². The lowest BCUT2D eigenvalue weighted by Crippen LogP contribution is -2.15. The van der Waals surface area contributed by atoms with Gasteiger partial charge in [0.1, 0.15) is 11.4 Å². The van der Waals surface area contributed by atoms with Gasteiger partial charge in [0.2, 0.25) is 0 Å². The van der Waals surface area contributed by atoms with Crippen molar-refractivity contribution >= 4 is 16.6 Å². The molecule has 0 saturated carbocycles. The molecule has 0 saturated heterocycles. The topological polar surface area (TPSA) is 43.6 Å². The fourth-order valence-electron chi connectivity index (χ4n) is 1.85. The lowest BCUT2D eigenvalue weighted by atomic mass is 10.2. The Morgan fingerprint density at radius 2 is 2.00 bits per heavy atom. The van der Waals surface area contributed by atoms with Gasteiger partial charge in [-0.1, -0.05) is 12.1 Å². The summed E-state index contributed by atoms with van der Waals surface area (Å²) >= 11 is 0. The van der Waals surface area contributed by atoms with Gasteiger partial charge in [-0.3, -0.25) is 9.20 Å². The largest absolute Gasteiger partial charge is 0.495 e. The van der Waals surface area contributed by atoms with Crippen LogP contribution in [0.25, 0.3) is 16.6 Å². The van der Waals surface area contributed by atoms with Crippen molar-refractivity contribution in [3.05, 3.63) is 52.9 Å². The van der Waals surface area contributed by atoms with E-state index in [1.165, 1.54) is 4.40 Å². The molecule has 4 heteroatoms. The molecule has 3 rings (SSSR count). The fourth-order valence-corrected chi connectivity index (χ4v) is 1.85. The van der Waals surface area contributed by atoms with Crippen LogP contribution in [0.5, 0.6) is 5.75 Å². The summed E-state index contributed by atoms with van der Waals surface area (Å²) in [5, 5.41) is 0.609. The summed E-state index contributed by atoms with van der Waals surface area (Å²) < 4.78 is 6.60. The number of nitrogens with zero attached hydrogens (tertiary/aromatic N) is 2. The molecule has 0 amide bonds. The van der Waals surface area contributed by atoms with Crippen molar-refractivity contribution in [2.24, 2.45) is 0 Å². The van der Waals surface area contributed by atoms with Crippen molar-refractivity contribution in [3.8, 4) is 5.75 Å². The first-order chi connectivity index (χ1) is 8.29. The average molecular weight is 226 g/mol. The Hall–Kier alpha value is -2.36. The van der Waals surface area contributed by atoms with Crippen LogP contribution >= 0.6 is 0 Å². The minimum atomic E-state index is -0.0792. The fraction of sp³-hybridized carbons (Fsp3) is 0.0769. The van der Waals surface area contributed by atoms with Crippen molar-refractivity contribution in [3.63, 3.8) is 0 Å². The summed E-state index contributed by atoms with van der Waals surface area (Å²) in [6, 6.07) is 10.9. The second-order valence-electron chi connectivity index (χ2n) is 3.73. The molecule has 0 N–H and O–H groups in total. The minimum Gasteiger partial charge on any atom is -0.495 e. The van der Waals surface area contributed by atoms with Gasteiger partial charge in [-0.2, -0.15) is 0 Å². The monoisotopic (exact) mass is 226 g/mol. The average Bonchev–Trinajstić information content (AvgIpc) is 2.39. The van der Waals surface area contributed by atoms with Gasteiger partial charge < -0.3 is 4.74 Å². The molecule has 2 heterocycles.